The molecule has 0 bridgehead atoms. The van der Waals surface area contributed by atoms with E-state index >= 15 is 0 Å². The number of amides is 1. The summed E-state index contributed by atoms with van der Waals surface area (Å²) in [5.41, 5.74) is 0. The molecule has 0 radical (unpaired) electrons. The van der Waals surface area contributed by atoms with E-state index in [0.29, 0.717) is 25.9 Å². The molecule has 0 rings (SSSR count). The van der Waals surface area contributed by atoms with Gasteiger partial charge in [0.2, 0.25) is 5.91 Å². The van der Waals surface area contributed by atoms with Gasteiger partial charge < -0.3 is 20.3 Å². The summed E-state index contributed by atoms with van der Waals surface area (Å²) in [5, 5.41) is 23.4. The third kappa shape index (κ3) is 73.1. The van der Waals surface area contributed by atoms with Crippen LogP contribution in [0.15, 0.2) is 36.5 Å². The van der Waals surface area contributed by atoms with Gasteiger partial charge in [0.05, 0.1) is 25.4 Å². The predicted molar refractivity (Wildman–Crippen MR) is 389 cm³/mol. The van der Waals surface area contributed by atoms with Crippen molar-refractivity contribution in [2.75, 3.05) is 13.2 Å². The molecule has 88 heavy (non-hydrogen) atoms. The Kier molecular flexibility index (Phi) is 75.8. The monoisotopic (exact) mass is 1240 g/mol. The first-order valence-corrected chi connectivity index (χ1v) is 40.2. The van der Waals surface area contributed by atoms with Crippen molar-refractivity contribution >= 4 is 11.9 Å². The van der Waals surface area contributed by atoms with E-state index in [1.165, 1.54) is 366 Å². The maximum absolute atomic E-state index is 12.6. The number of nitrogens with one attached hydrogen (secondary N) is 1. The van der Waals surface area contributed by atoms with Gasteiger partial charge in [0.15, 0.2) is 0 Å². The highest BCUT2D eigenvalue weighted by atomic mass is 16.5. The van der Waals surface area contributed by atoms with Crippen molar-refractivity contribution in [2.45, 2.75) is 463 Å². The van der Waals surface area contributed by atoms with Crippen LogP contribution in [-0.2, 0) is 14.3 Å². The second-order valence-electron chi connectivity index (χ2n) is 27.7. The van der Waals surface area contributed by atoms with Crippen LogP contribution >= 0.6 is 0 Å². The zero-order chi connectivity index (χ0) is 63.5. The summed E-state index contributed by atoms with van der Waals surface area (Å²) >= 11 is 0. The first kappa shape index (κ1) is 86.1. The number of ether oxygens (including phenoxy) is 1. The largest absolute Gasteiger partial charge is 0.466 e. The fourth-order valence-electron chi connectivity index (χ4n) is 12.8. The van der Waals surface area contributed by atoms with Crippen molar-refractivity contribution in [3.8, 4) is 0 Å². The number of allylic oxidation sites excluding steroid dienone is 6. The van der Waals surface area contributed by atoms with Crippen molar-refractivity contribution in [3.63, 3.8) is 0 Å². The van der Waals surface area contributed by atoms with Gasteiger partial charge in [-0.05, 0) is 77.0 Å². The SMILES string of the molecule is CCC/C=C\C/C=C\CCCCCCCC(=O)OCCCCCCCCCCCCCCCCCCCC/C=C\CCCCCCCCCCCCCCCCCCCC(=O)NC(CO)C(O)CCCCCCCCCCCCCCCCCCCCC. The third-order valence-corrected chi connectivity index (χ3v) is 18.9. The summed E-state index contributed by atoms with van der Waals surface area (Å²) in [5.74, 6) is -0.0184. The Balaban J connectivity index is 3.33. The third-order valence-electron chi connectivity index (χ3n) is 18.9. The van der Waals surface area contributed by atoms with Gasteiger partial charge in [-0.2, -0.15) is 0 Å². The molecular weight excluding hydrogens is 1080 g/mol. The summed E-state index contributed by atoms with van der Waals surface area (Å²) < 4.78 is 5.48. The van der Waals surface area contributed by atoms with Crippen LogP contribution in [0.4, 0.5) is 0 Å². The Bertz CT molecular complexity index is 1430. The number of aliphatic hydroxyl groups excluding tert-OH is 2. The molecule has 0 saturated heterocycles. The number of hydrogen-bond donors (Lipinski definition) is 3. The summed E-state index contributed by atoms with van der Waals surface area (Å²) in [7, 11) is 0. The highest BCUT2D eigenvalue weighted by molar-refractivity contribution is 5.76. The minimum atomic E-state index is -0.662. The van der Waals surface area contributed by atoms with Gasteiger partial charge in [0.25, 0.3) is 0 Å². The highest BCUT2D eigenvalue weighted by Crippen LogP contribution is 2.20. The van der Waals surface area contributed by atoms with E-state index in [0.717, 1.165) is 51.4 Å². The van der Waals surface area contributed by atoms with Crippen LogP contribution in [0.5, 0.6) is 0 Å². The van der Waals surface area contributed by atoms with Gasteiger partial charge in [0.1, 0.15) is 0 Å². The minimum Gasteiger partial charge on any atom is -0.466 e. The molecule has 0 aliphatic rings. The fraction of sp³-hybridized carbons (Fsp3) is 0.902. The van der Waals surface area contributed by atoms with Gasteiger partial charge in [0, 0.05) is 12.8 Å². The molecular formula is C82H157NO5. The quantitative estimate of drug-likeness (QED) is 0.0320. The first-order valence-electron chi connectivity index (χ1n) is 40.2. The number of esters is 1. The lowest BCUT2D eigenvalue weighted by Crippen LogP contribution is -2.45. The smallest absolute Gasteiger partial charge is 0.305 e. The van der Waals surface area contributed by atoms with Crippen LogP contribution in [0.25, 0.3) is 0 Å². The van der Waals surface area contributed by atoms with Gasteiger partial charge in [-0.1, -0.05) is 397 Å². The predicted octanol–water partition coefficient (Wildman–Crippen LogP) is 26.6. The van der Waals surface area contributed by atoms with Crippen molar-refractivity contribution in [3.05, 3.63) is 36.5 Å². The number of hydrogen-bond acceptors (Lipinski definition) is 5. The van der Waals surface area contributed by atoms with E-state index in [1.54, 1.807) is 0 Å². The average molecular weight is 1240 g/mol. The lowest BCUT2D eigenvalue weighted by molar-refractivity contribution is -0.143. The molecule has 2 unspecified atom stereocenters. The van der Waals surface area contributed by atoms with Gasteiger partial charge in [-0.15, -0.1) is 0 Å². The van der Waals surface area contributed by atoms with E-state index in [-0.39, 0.29) is 18.5 Å². The second kappa shape index (κ2) is 77.5. The standard InChI is InChI=1S/C82H157NO5/c1-3-5-7-9-11-13-15-17-18-19-41-44-47-51-54-58-62-66-70-74-80(85)79(78-84)83-81(86)75-71-67-63-59-55-52-48-45-42-39-37-35-33-31-29-27-25-23-21-20-22-24-26-28-30-32-34-36-38-40-43-46-49-53-57-61-65-69-73-77-88-82(87)76-72-68-64-60-56-50-16-14-12-10-8-6-4-2/h8,10,14,16,20-21,79-80,84-85H,3-7,9,11-13,15,17-19,22-78H2,1-2H3,(H,83,86)/b10-8-,16-14-,21-20-. The number of carbonyl (C=O) groups excluding carboxylic acids is 2. The fourth-order valence-corrected chi connectivity index (χ4v) is 12.8. The van der Waals surface area contributed by atoms with E-state index in [2.05, 4.69) is 55.6 Å². The molecule has 0 aromatic heterocycles. The number of aliphatic hydroxyl groups is 2. The molecule has 0 saturated carbocycles. The van der Waals surface area contributed by atoms with Crippen LogP contribution in [-0.4, -0.2) is 47.4 Å². The lowest BCUT2D eigenvalue weighted by Gasteiger charge is -2.22. The van der Waals surface area contributed by atoms with Gasteiger partial charge in [-0.25, -0.2) is 0 Å². The van der Waals surface area contributed by atoms with Crippen molar-refractivity contribution < 1.29 is 24.5 Å². The Morgan fingerprint density at radius 2 is 0.591 bits per heavy atom. The number of rotatable bonds is 76. The van der Waals surface area contributed by atoms with Crippen LogP contribution in [0.1, 0.15) is 450 Å². The number of unbranched alkanes of at least 4 members (excludes halogenated alkanes) is 59. The van der Waals surface area contributed by atoms with E-state index in [1.807, 2.05) is 0 Å². The molecule has 0 spiro atoms. The Morgan fingerprint density at radius 3 is 0.920 bits per heavy atom. The average Bonchev–Trinajstić information content (AvgIpc) is 3.59. The van der Waals surface area contributed by atoms with E-state index < -0.39 is 12.1 Å². The maximum atomic E-state index is 12.6. The molecule has 3 N–H and O–H groups in total. The van der Waals surface area contributed by atoms with Gasteiger partial charge in [-0.3, -0.25) is 9.59 Å². The molecule has 1 amide bonds. The molecule has 0 fully saturated rings. The summed E-state index contributed by atoms with van der Waals surface area (Å²) in [6, 6.07) is -0.539. The molecule has 0 aromatic carbocycles. The second-order valence-corrected chi connectivity index (χ2v) is 27.7. The van der Waals surface area contributed by atoms with Crippen molar-refractivity contribution in [1.29, 1.82) is 0 Å². The molecule has 520 valence electrons. The number of carbonyl (C=O) groups is 2. The maximum Gasteiger partial charge on any atom is 0.305 e. The van der Waals surface area contributed by atoms with Gasteiger partial charge >= 0.3 is 5.97 Å². The Hall–Kier alpha value is -1.92. The minimum absolute atomic E-state index is 0.00756. The molecule has 6 nitrogen and oxygen atoms in total. The zero-order valence-electron chi connectivity index (χ0n) is 59.7. The van der Waals surface area contributed by atoms with Crippen LogP contribution in [0, 0.1) is 0 Å². The zero-order valence-corrected chi connectivity index (χ0v) is 59.7. The van der Waals surface area contributed by atoms with Crippen molar-refractivity contribution in [2.24, 2.45) is 0 Å². The first-order chi connectivity index (χ1) is 43.5. The molecule has 0 aromatic rings. The van der Waals surface area contributed by atoms with E-state index in [9.17, 15) is 19.8 Å². The van der Waals surface area contributed by atoms with Crippen LogP contribution < -0.4 is 5.32 Å². The van der Waals surface area contributed by atoms with Crippen LogP contribution in [0.3, 0.4) is 0 Å². The normalized spacial score (nSPS) is 12.6. The molecule has 6 heteroatoms. The summed E-state index contributed by atoms with van der Waals surface area (Å²) in [4.78, 5) is 24.6. The summed E-state index contributed by atoms with van der Waals surface area (Å²) in [6.07, 6.45) is 101. The molecule has 0 aliphatic carbocycles. The van der Waals surface area contributed by atoms with Crippen molar-refractivity contribution in [1.82, 2.24) is 5.32 Å². The van der Waals surface area contributed by atoms with Crippen LogP contribution in [0.2, 0.25) is 0 Å². The van der Waals surface area contributed by atoms with E-state index in [4.69, 9.17) is 4.74 Å². The molecule has 2 atom stereocenters. The summed E-state index contributed by atoms with van der Waals surface area (Å²) in [6.45, 7) is 4.93. The molecule has 0 aliphatic heterocycles. The topological polar surface area (TPSA) is 95.9 Å². The Morgan fingerprint density at radius 1 is 0.318 bits per heavy atom. The molecule has 0 heterocycles. The Labute approximate surface area is 551 Å². The highest BCUT2D eigenvalue weighted by Gasteiger charge is 2.20. The lowest BCUT2D eigenvalue weighted by atomic mass is 10.0.